The van der Waals surface area contributed by atoms with Crippen LogP contribution in [0.4, 0.5) is 0 Å². The first-order chi connectivity index (χ1) is 8.93. The van der Waals surface area contributed by atoms with Crippen molar-refractivity contribution < 1.29 is 0 Å². The predicted octanol–water partition coefficient (Wildman–Crippen LogP) is 3.62. The van der Waals surface area contributed by atoms with Crippen LogP contribution in [0.2, 0.25) is 0 Å². The molecule has 0 spiro atoms. The topological polar surface area (TPSA) is 6.48 Å². The van der Waals surface area contributed by atoms with Crippen LogP contribution in [0.1, 0.15) is 60.3 Å². The second kappa shape index (κ2) is 6.13. The van der Waals surface area contributed by atoms with Crippen LogP contribution in [-0.2, 0) is 0 Å². The SMILES string of the molecule is CCC(C)(C)CN1CC2CCCCN2CC1C(C)C. The van der Waals surface area contributed by atoms with Crippen molar-refractivity contribution in [3.05, 3.63) is 0 Å². The Morgan fingerprint density at radius 3 is 2.53 bits per heavy atom. The molecule has 2 aliphatic rings. The molecule has 0 aromatic rings. The molecule has 2 rings (SSSR count). The highest BCUT2D eigenvalue weighted by molar-refractivity contribution is 4.93. The van der Waals surface area contributed by atoms with E-state index in [0.29, 0.717) is 5.41 Å². The minimum absolute atomic E-state index is 0.462. The van der Waals surface area contributed by atoms with Crippen molar-refractivity contribution in [3.63, 3.8) is 0 Å². The van der Waals surface area contributed by atoms with Crippen LogP contribution in [-0.4, -0.2) is 48.1 Å². The van der Waals surface area contributed by atoms with Crippen LogP contribution >= 0.6 is 0 Å². The number of piperazine rings is 1. The molecule has 0 aromatic heterocycles. The molecule has 2 unspecified atom stereocenters. The van der Waals surface area contributed by atoms with Crippen molar-refractivity contribution in [1.29, 1.82) is 0 Å². The van der Waals surface area contributed by atoms with Gasteiger partial charge in [-0.15, -0.1) is 0 Å². The van der Waals surface area contributed by atoms with Gasteiger partial charge in [-0.25, -0.2) is 0 Å². The van der Waals surface area contributed by atoms with Crippen molar-refractivity contribution in [2.45, 2.75) is 72.4 Å². The highest BCUT2D eigenvalue weighted by Gasteiger charge is 2.37. The first-order valence-corrected chi connectivity index (χ1v) is 8.41. The summed E-state index contributed by atoms with van der Waals surface area (Å²) in [5, 5.41) is 0. The molecule has 19 heavy (non-hydrogen) atoms. The van der Waals surface area contributed by atoms with Crippen LogP contribution in [0, 0.1) is 11.3 Å². The molecular formula is C17H34N2. The van der Waals surface area contributed by atoms with Crippen LogP contribution < -0.4 is 0 Å². The lowest BCUT2D eigenvalue weighted by molar-refractivity contribution is -0.0240. The van der Waals surface area contributed by atoms with Gasteiger partial charge in [0.15, 0.2) is 0 Å². The lowest BCUT2D eigenvalue weighted by Crippen LogP contribution is -2.62. The standard InChI is InChI=1S/C17H34N2/c1-6-17(4,5)13-19-11-15-9-7-8-10-18(15)12-16(19)14(2)3/h14-16H,6-13H2,1-5H3. The van der Waals surface area contributed by atoms with Crippen molar-refractivity contribution in [1.82, 2.24) is 9.80 Å². The smallest absolute Gasteiger partial charge is 0.0247 e. The lowest BCUT2D eigenvalue weighted by Gasteiger charge is -2.51. The van der Waals surface area contributed by atoms with E-state index in [1.807, 2.05) is 0 Å². The van der Waals surface area contributed by atoms with E-state index in [9.17, 15) is 0 Å². The number of fused-ring (bicyclic) bond motifs is 1. The van der Waals surface area contributed by atoms with E-state index < -0.39 is 0 Å². The number of nitrogens with zero attached hydrogens (tertiary/aromatic N) is 2. The molecule has 0 saturated carbocycles. The largest absolute Gasteiger partial charge is 0.298 e. The third-order valence-corrected chi connectivity index (χ3v) is 5.44. The Morgan fingerprint density at radius 1 is 1.16 bits per heavy atom. The molecule has 2 nitrogen and oxygen atoms in total. The van der Waals surface area contributed by atoms with Crippen LogP contribution in [0.15, 0.2) is 0 Å². The van der Waals surface area contributed by atoms with E-state index in [1.54, 1.807) is 0 Å². The van der Waals surface area contributed by atoms with Gasteiger partial charge in [0.1, 0.15) is 0 Å². The predicted molar refractivity (Wildman–Crippen MR) is 83.5 cm³/mol. The minimum Gasteiger partial charge on any atom is -0.298 e. The second-order valence-electron chi connectivity index (χ2n) is 7.90. The second-order valence-corrected chi connectivity index (χ2v) is 7.90. The Labute approximate surface area is 120 Å². The monoisotopic (exact) mass is 266 g/mol. The van der Waals surface area contributed by atoms with Gasteiger partial charge in [-0.1, -0.05) is 41.0 Å². The zero-order chi connectivity index (χ0) is 14.0. The minimum atomic E-state index is 0.462. The summed E-state index contributed by atoms with van der Waals surface area (Å²) < 4.78 is 0. The maximum atomic E-state index is 2.82. The molecule has 0 bridgehead atoms. The van der Waals surface area contributed by atoms with Gasteiger partial charge in [-0.3, -0.25) is 9.80 Å². The van der Waals surface area contributed by atoms with Gasteiger partial charge in [-0.2, -0.15) is 0 Å². The van der Waals surface area contributed by atoms with E-state index in [4.69, 9.17) is 0 Å². The lowest BCUT2D eigenvalue weighted by atomic mass is 9.86. The molecule has 2 atom stereocenters. The first kappa shape index (κ1) is 15.3. The Hall–Kier alpha value is -0.0800. The van der Waals surface area contributed by atoms with Crippen molar-refractivity contribution in [2.75, 3.05) is 26.2 Å². The maximum absolute atomic E-state index is 2.82. The Kier molecular flexibility index (Phi) is 4.94. The molecule has 2 heteroatoms. The summed E-state index contributed by atoms with van der Waals surface area (Å²) >= 11 is 0. The zero-order valence-electron chi connectivity index (χ0n) is 13.8. The summed E-state index contributed by atoms with van der Waals surface area (Å²) in [4.78, 5) is 5.60. The van der Waals surface area contributed by atoms with Gasteiger partial charge in [0.2, 0.25) is 0 Å². The van der Waals surface area contributed by atoms with Crippen molar-refractivity contribution in [3.8, 4) is 0 Å². The van der Waals surface area contributed by atoms with E-state index in [2.05, 4.69) is 44.4 Å². The van der Waals surface area contributed by atoms with Gasteiger partial charge >= 0.3 is 0 Å². The third-order valence-electron chi connectivity index (χ3n) is 5.44. The van der Waals surface area contributed by atoms with Crippen molar-refractivity contribution in [2.24, 2.45) is 11.3 Å². The first-order valence-electron chi connectivity index (χ1n) is 8.41. The van der Waals surface area contributed by atoms with Crippen LogP contribution in [0.5, 0.6) is 0 Å². The molecule has 0 amide bonds. The van der Waals surface area contributed by atoms with E-state index in [-0.39, 0.29) is 0 Å². The Bertz CT molecular complexity index is 285. The maximum Gasteiger partial charge on any atom is 0.0247 e. The fraction of sp³-hybridized carbons (Fsp3) is 1.00. The molecule has 0 aliphatic carbocycles. The Morgan fingerprint density at radius 2 is 1.89 bits per heavy atom. The van der Waals surface area contributed by atoms with E-state index >= 15 is 0 Å². The molecule has 2 fully saturated rings. The molecule has 2 saturated heterocycles. The summed E-state index contributed by atoms with van der Waals surface area (Å²) in [6.45, 7) is 17.2. The van der Waals surface area contributed by atoms with Crippen molar-refractivity contribution >= 4 is 0 Å². The molecule has 0 N–H and O–H groups in total. The van der Waals surface area contributed by atoms with Gasteiger partial charge in [0, 0.05) is 31.7 Å². The summed E-state index contributed by atoms with van der Waals surface area (Å²) in [6.07, 6.45) is 5.57. The highest BCUT2D eigenvalue weighted by Crippen LogP contribution is 2.30. The molecule has 2 aliphatic heterocycles. The average Bonchev–Trinajstić information content (AvgIpc) is 2.37. The van der Waals surface area contributed by atoms with Crippen LogP contribution in [0.3, 0.4) is 0 Å². The summed E-state index contributed by atoms with van der Waals surface area (Å²) in [7, 11) is 0. The number of piperidine rings is 1. The average molecular weight is 266 g/mol. The zero-order valence-corrected chi connectivity index (χ0v) is 13.8. The molecule has 112 valence electrons. The van der Waals surface area contributed by atoms with Gasteiger partial charge in [-0.05, 0) is 37.1 Å². The normalized spacial score (nSPS) is 30.6. The fourth-order valence-electron chi connectivity index (χ4n) is 3.74. The molecule has 0 radical (unpaired) electrons. The summed E-state index contributed by atoms with van der Waals surface area (Å²) in [5.41, 5.74) is 0.462. The quantitative estimate of drug-likeness (QED) is 0.767. The van der Waals surface area contributed by atoms with Gasteiger partial charge in [0.05, 0.1) is 0 Å². The number of hydrogen-bond acceptors (Lipinski definition) is 2. The molecular weight excluding hydrogens is 232 g/mol. The van der Waals surface area contributed by atoms with Gasteiger partial charge < -0.3 is 0 Å². The molecule has 0 aromatic carbocycles. The van der Waals surface area contributed by atoms with Gasteiger partial charge in [0.25, 0.3) is 0 Å². The number of hydrogen-bond donors (Lipinski definition) is 0. The van der Waals surface area contributed by atoms with E-state index in [1.165, 1.54) is 51.9 Å². The molecule has 2 heterocycles. The highest BCUT2D eigenvalue weighted by atomic mass is 15.3. The third kappa shape index (κ3) is 3.72. The Balaban J connectivity index is 2.05. The number of rotatable bonds is 4. The fourth-order valence-corrected chi connectivity index (χ4v) is 3.74. The van der Waals surface area contributed by atoms with Crippen LogP contribution in [0.25, 0.3) is 0 Å². The summed E-state index contributed by atoms with van der Waals surface area (Å²) in [6, 6.07) is 1.61. The summed E-state index contributed by atoms with van der Waals surface area (Å²) in [5.74, 6) is 0.774. The van der Waals surface area contributed by atoms with E-state index in [0.717, 1.165) is 18.0 Å².